The van der Waals surface area contributed by atoms with Crippen LogP contribution in [-0.2, 0) is 0 Å². The van der Waals surface area contributed by atoms with Gasteiger partial charge in [0.2, 0.25) is 0 Å². The predicted octanol–water partition coefficient (Wildman–Crippen LogP) is 3.33. The van der Waals surface area contributed by atoms with Crippen molar-refractivity contribution in [3.05, 3.63) is 22.4 Å². The van der Waals surface area contributed by atoms with Gasteiger partial charge in [0, 0.05) is 18.0 Å². The average molecular weight is 276 g/mol. The number of halogens is 1. The number of aliphatic hydroxyl groups is 1. The SMILES string of the molecule is CC1CCCN(CCC(O)c2cccs2)C1.Cl. The molecule has 0 radical (unpaired) electrons. The largest absolute Gasteiger partial charge is 0.388 e. The second-order valence-electron chi connectivity index (χ2n) is 4.87. The second kappa shape index (κ2) is 7.37. The highest BCUT2D eigenvalue weighted by atomic mass is 35.5. The molecule has 17 heavy (non-hydrogen) atoms. The lowest BCUT2D eigenvalue weighted by Gasteiger charge is -2.31. The molecule has 1 aromatic heterocycles. The first kappa shape index (κ1) is 15.0. The number of aliphatic hydroxyl groups excluding tert-OH is 1. The van der Waals surface area contributed by atoms with Gasteiger partial charge in [-0.15, -0.1) is 23.7 Å². The summed E-state index contributed by atoms with van der Waals surface area (Å²) in [5.41, 5.74) is 0. The fourth-order valence-electron chi connectivity index (χ4n) is 2.42. The summed E-state index contributed by atoms with van der Waals surface area (Å²) >= 11 is 1.65. The number of likely N-dealkylation sites (tertiary alicyclic amines) is 1. The first-order chi connectivity index (χ1) is 7.75. The molecular formula is C13H22ClNOS. The van der Waals surface area contributed by atoms with Crippen molar-refractivity contribution < 1.29 is 5.11 Å². The molecule has 0 saturated carbocycles. The maximum absolute atomic E-state index is 9.99. The Morgan fingerprint density at radius 1 is 1.59 bits per heavy atom. The average Bonchev–Trinajstić information content (AvgIpc) is 2.79. The van der Waals surface area contributed by atoms with Gasteiger partial charge in [-0.3, -0.25) is 0 Å². The number of hydrogen-bond donors (Lipinski definition) is 1. The highest BCUT2D eigenvalue weighted by Crippen LogP contribution is 2.23. The summed E-state index contributed by atoms with van der Waals surface area (Å²) in [7, 11) is 0. The lowest BCUT2D eigenvalue weighted by Crippen LogP contribution is -2.35. The molecule has 2 rings (SSSR count). The lowest BCUT2D eigenvalue weighted by atomic mass is 10.00. The molecular weight excluding hydrogens is 254 g/mol. The molecule has 0 aliphatic carbocycles. The molecule has 2 heterocycles. The zero-order chi connectivity index (χ0) is 11.4. The smallest absolute Gasteiger partial charge is 0.0894 e. The quantitative estimate of drug-likeness (QED) is 0.911. The van der Waals surface area contributed by atoms with Gasteiger partial charge < -0.3 is 10.0 Å². The van der Waals surface area contributed by atoms with Crippen molar-refractivity contribution >= 4 is 23.7 Å². The molecule has 0 aromatic carbocycles. The minimum atomic E-state index is -0.266. The summed E-state index contributed by atoms with van der Waals surface area (Å²) in [6.07, 6.45) is 3.28. The Bertz CT molecular complexity index is 304. The monoisotopic (exact) mass is 275 g/mol. The van der Waals surface area contributed by atoms with Crippen LogP contribution in [0.15, 0.2) is 17.5 Å². The number of hydrogen-bond acceptors (Lipinski definition) is 3. The maximum Gasteiger partial charge on any atom is 0.0894 e. The molecule has 0 spiro atoms. The Labute approximate surface area is 114 Å². The molecule has 2 nitrogen and oxygen atoms in total. The molecule has 2 unspecified atom stereocenters. The Kier molecular flexibility index (Phi) is 6.49. The van der Waals surface area contributed by atoms with Crippen molar-refractivity contribution in [3.63, 3.8) is 0 Å². The van der Waals surface area contributed by atoms with Gasteiger partial charge in [0.15, 0.2) is 0 Å². The summed E-state index contributed by atoms with van der Waals surface area (Å²) in [6, 6.07) is 4.03. The number of nitrogens with zero attached hydrogens (tertiary/aromatic N) is 1. The van der Waals surface area contributed by atoms with Gasteiger partial charge in [0.25, 0.3) is 0 Å². The van der Waals surface area contributed by atoms with E-state index >= 15 is 0 Å². The van der Waals surface area contributed by atoms with Crippen LogP contribution in [0.25, 0.3) is 0 Å². The Morgan fingerprint density at radius 3 is 3.06 bits per heavy atom. The molecule has 0 amide bonds. The van der Waals surface area contributed by atoms with E-state index in [2.05, 4.69) is 11.8 Å². The van der Waals surface area contributed by atoms with Crippen LogP contribution in [0, 0.1) is 5.92 Å². The van der Waals surface area contributed by atoms with E-state index in [0.29, 0.717) is 0 Å². The van der Waals surface area contributed by atoms with Crippen LogP contribution < -0.4 is 0 Å². The third-order valence-corrected chi connectivity index (χ3v) is 4.31. The van der Waals surface area contributed by atoms with E-state index < -0.39 is 0 Å². The normalized spacial score (nSPS) is 23.1. The molecule has 1 aromatic rings. The van der Waals surface area contributed by atoms with Crippen LogP contribution in [0.5, 0.6) is 0 Å². The van der Waals surface area contributed by atoms with Gasteiger partial charge in [-0.25, -0.2) is 0 Å². The molecule has 1 saturated heterocycles. The van der Waals surface area contributed by atoms with Gasteiger partial charge in [0.1, 0.15) is 0 Å². The van der Waals surface area contributed by atoms with Crippen LogP contribution in [0.1, 0.15) is 37.2 Å². The predicted molar refractivity (Wildman–Crippen MR) is 76.0 cm³/mol. The van der Waals surface area contributed by atoms with Crippen molar-refractivity contribution in [3.8, 4) is 0 Å². The molecule has 1 aliphatic rings. The molecule has 4 heteroatoms. The van der Waals surface area contributed by atoms with Gasteiger partial charge >= 0.3 is 0 Å². The van der Waals surface area contributed by atoms with Gasteiger partial charge in [-0.05, 0) is 43.2 Å². The fraction of sp³-hybridized carbons (Fsp3) is 0.692. The Hall–Kier alpha value is -0.0900. The van der Waals surface area contributed by atoms with Crippen LogP contribution in [0.3, 0.4) is 0 Å². The standard InChI is InChI=1S/C13H21NOS.ClH/c1-11-4-2-7-14(10-11)8-6-12(15)13-5-3-9-16-13;/h3,5,9,11-12,15H,2,4,6-8,10H2,1H3;1H. The highest BCUT2D eigenvalue weighted by molar-refractivity contribution is 7.10. The van der Waals surface area contributed by atoms with E-state index in [-0.39, 0.29) is 18.5 Å². The first-order valence-electron chi connectivity index (χ1n) is 6.19. The van der Waals surface area contributed by atoms with Gasteiger partial charge in [0.05, 0.1) is 6.10 Å². The first-order valence-corrected chi connectivity index (χ1v) is 7.07. The molecule has 1 N–H and O–H groups in total. The van der Waals surface area contributed by atoms with E-state index in [1.165, 1.54) is 25.9 Å². The number of piperidine rings is 1. The van der Waals surface area contributed by atoms with Crippen molar-refractivity contribution in [2.24, 2.45) is 5.92 Å². The summed E-state index contributed by atoms with van der Waals surface area (Å²) in [6.45, 7) is 5.77. The van der Waals surface area contributed by atoms with Crippen molar-refractivity contribution in [1.82, 2.24) is 4.90 Å². The molecule has 98 valence electrons. The summed E-state index contributed by atoms with van der Waals surface area (Å²) in [5, 5.41) is 12.0. The summed E-state index contributed by atoms with van der Waals surface area (Å²) in [5.74, 6) is 0.827. The molecule has 1 aliphatic heterocycles. The van der Waals surface area contributed by atoms with E-state index in [0.717, 1.165) is 23.8 Å². The zero-order valence-corrected chi connectivity index (χ0v) is 12.0. The third-order valence-electron chi connectivity index (χ3n) is 3.33. The van der Waals surface area contributed by atoms with Crippen molar-refractivity contribution in [1.29, 1.82) is 0 Å². The van der Waals surface area contributed by atoms with E-state index in [4.69, 9.17) is 0 Å². The van der Waals surface area contributed by atoms with Crippen molar-refractivity contribution in [2.75, 3.05) is 19.6 Å². The summed E-state index contributed by atoms with van der Waals surface area (Å²) in [4.78, 5) is 3.59. The number of thiophene rings is 1. The topological polar surface area (TPSA) is 23.5 Å². The van der Waals surface area contributed by atoms with E-state index in [9.17, 15) is 5.11 Å². The molecule has 1 fully saturated rings. The lowest BCUT2D eigenvalue weighted by molar-refractivity contribution is 0.124. The van der Waals surface area contributed by atoms with E-state index in [1.54, 1.807) is 11.3 Å². The van der Waals surface area contributed by atoms with Crippen LogP contribution >= 0.6 is 23.7 Å². The minimum absolute atomic E-state index is 0. The van der Waals surface area contributed by atoms with Crippen LogP contribution in [0.2, 0.25) is 0 Å². The van der Waals surface area contributed by atoms with Crippen LogP contribution in [0.4, 0.5) is 0 Å². The second-order valence-corrected chi connectivity index (χ2v) is 5.85. The molecule has 2 atom stereocenters. The minimum Gasteiger partial charge on any atom is -0.388 e. The van der Waals surface area contributed by atoms with Gasteiger partial charge in [-0.2, -0.15) is 0 Å². The molecule has 0 bridgehead atoms. The highest BCUT2D eigenvalue weighted by Gasteiger charge is 2.17. The number of rotatable bonds is 4. The van der Waals surface area contributed by atoms with Crippen LogP contribution in [-0.4, -0.2) is 29.6 Å². The fourth-order valence-corrected chi connectivity index (χ4v) is 3.16. The van der Waals surface area contributed by atoms with Gasteiger partial charge in [-0.1, -0.05) is 13.0 Å². The van der Waals surface area contributed by atoms with Crippen molar-refractivity contribution in [2.45, 2.75) is 32.3 Å². The summed E-state index contributed by atoms with van der Waals surface area (Å²) < 4.78 is 0. The van der Waals surface area contributed by atoms with E-state index in [1.807, 2.05) is 17.5 Å². The Morgan fingerprint density at radius 2 is 2.41 bits per heavy atom. The zero-order valence-electron chi connectivity index (χ0n) is 10.3. The Balaban J connectivity index is 0.00000144. The third kappa shape index (κ3) is 4.59. The maximum atomic E-state index is 9.99.